The second kappa shape index (κ2) is 12.9. The highest BCUT2D eigenvalue weighted by molar-refractivity contribution is 5.96. The van der Waals surface area contributed by atoms with E-state index in [0.717, 1.165) is 48.9 Å². The molecule has 0 N–H and O–H groups in total. The molecule has 1 atom stereocenters. The molecule has 1 aliphatic carbocycles. The number of rotatable bonds is 10. The lowest BCUT2D eigenvalue weighted by molar-refractivity contribution is -0.136. The molecule has 2 aromatic carbocycles. The maximum atomic E-state index is 14.0. The molecule has 0 bridgehead atoms. The zero-order chi connectivity index (χ0) is 27.1. The number of hydrogen-bond donors (Lipinski definition) is 0. The molecule has 1 heterocycles. The molecular weight excluding hydrogens is 477 g/mol. The van der Waals surface area contributed by atoms with E-state index in [1.807, 2.05) is 62.2 Å². The second-order valence-corrected chi connectivity index (χ2v) is 10.6. The third-order valence-corrected chi connectivity index (χ3v) is 7.85. The van der Waals surface area contributed by atoms with Crippen LogP contribution in [-0.2, 0) is 17.9 Å². The lowest BCUT2D eigenvalue weighted by Crippen LogP contribution is -2.49. The van der Waals surface area contributed by atoms with Gasteiger partial charge in [0.25, 0.3) is 5.91 Å². The maximum Gasteiger partial charge on any atom is 0.254 e. The van der Waals surface area contributed by atoms with Gasteiger partial charge in [-0.25, -0.2) is 4.39 Å². The summed E-state index contributed by atoms with van der Waals surface area (Å²) in [4.78, 5) is 31.2. The summed E-state index contributed by atoms with van der Waals surface area (Å²) >= 11 is 0. The molecule has 2 amide bonds. The number of halogens is 1. The van der Waals surface area contributed by atoms with Gasteiger partial charge in [-0.05, 0) is 75.1 Å². The molecule has 3 aromatic rings. The summed E-state index contributed by atoms with van der Waals surface area (Å²) in [6.07, 6.45) is 8.18. The zero-order valence-corrected chi connectivity index (χ0v) is 22.9. The fourth-order valence-corrected chi connectivity index (χ4v) is 5.27. The van der Waals surface area contributed by atoms with Crippen LogP contribution in [0.25, 0.3) is 0 Å². The summed E-state index contributed by atoms with van der Waals surface area (Å²) in [7, 11) is 0. The molecule has 38 heavy (non-hydrogen) atoms. The van der Waals surface area contributed by atoms with Crippen LogP contribution in [0.2, 0.25) is 0 Å². The highest BCUT2D eigenvalue weighted by atomic mass is 19.1. The topological polar surface area (TPSA) is 45.6 Å². The van der Waals surface area contributed by atoms with Crippen LogP contribution in [0.3, 0.4) is 0 Å². The molecule has 4 rings (SSSR count). The van der Waals surface area contributed by atoms with Gasteiger partial charge in [-0.3, -0.25) is 9.59 Å². The van der Waals surface area contributed by atoms with E-state index < -0.39 is 0 Å². The van der Waals surface area contributed by atoms with Gasteiger partial charge < -0.3 is 14.4 Å². The van der Waals surface area contributed by atoms with Gasteiger partial charge in [-0.15, -0.1) is 0 Å². The summed E-state index contributed by atoms with van der Waals surface area (Å²) in [6.45, 7) is 7.23. The van der Waals surface area contributed by atoms with Crippen molar-refractivity contribution in [2.24, 2.45) is 0 Å². The third-order valence-electron chi connectivity index (χ3n) is 7.85. The largest absolute Gasteiger partial charge is 0.345 e. The average Bonchev–Trinajstić information content (AvgIpc) is 3.38. The maximum absolute atomic E-state index is 14.0. The van der Waals surface area contributed by atoms with E-state index in [0.29, 0.717) is 18.7 Å². The fourth-order valence-electron chi connectivity index (χ4n) is 5.27. The van der Waals surface area contributed by atoms with Crippen molar-refractivity contribution >= 4 is 11.8 Å². The predicted octanol–water partition coefficient (Wildman–Crippen LogP) is 6.59. The number of carbonyl (C=O) groups excluding carboxylic acids is 2. The number of aryl methyl sites for hydroxylation is 1. The number of amides is 2. The van der Waals surface area contributed by atoms with Gasteiger partial charge in [0.05, 0.1) is 6.54 Å². The second-order valence-electron chi connectivity index (χ2n) is 10.6. The van der Waals surface area contributed by atoms with Crippen molar-refractivity contribution in [1.29, 1.82) is 0 Å². The Morgan fingerprint density at radius 3 is 2.34 bits per heavy atom. The van der Waals surface area contributed by atoms with Crippen molar-refractivity contribution < 1.29 is 14.0 Å². The molecule has 1 unspecified atom stereocenters. The highest BCUT2D eigenvalue weighted by Crippen LogP contribution is 2.25. The van der Waals surface area contributed by atoms with E-state index in [4.69, 9.17) is 0 Å². The molecule has 202 valence electrons. The van der Waals surface area contributed by atoms with E-state index in [9.17, 15) is 14.0 Å². The Bertz CT molecular complexity index is 1200. The molecule has 5 nitrogen and oxygen atoms in total. The normalized spacial score (nSPS) is 14.7. The molecule has 0 saturated heterocycles. The van der Waals surface area contributed by atoms with Crippen LogP contribution in [0, 0.1) is 12.7 Å². The minimum Gasteiger partial charge on any atom is -0.345 e. The van der Waals surface area contributed by atoms with Gasteiger partial charge in [-0.1, -0.05) is 56.0 Å². The van der Waals surface area contributed by atoms with Gasteiger partial charge >= 0.3 is 0 Å². The van der Waals surface area contributed by atoms with E-state index in [-0.39, 0.29) is 36.3 Å². The number of aromatic nitrogens is 1. The quantitative estimate of drug-likeness (QED) is 0.305. The van der Waals surface area contributed by atoms with Crippen LogP contribution in [0.5, 0.6) is 0 Å². The number of benzene rings is 2. The molecular formula is C32H40FN3O2. The molecule has 1 aromatic heterocycles. The Morgan fingerprint density at radius 2 is 1.68 bits per heavy atom. The Hall–Kier alpha value is -3.41. The Morgan fingerprint density at radius 1 is 1.00 bits per heavy atom. The first-order valence-electron chi connectivity index (χ1n) is 13.9. The molecule has 6 heteroatoms. The number of hydrogen-bond acceptors (Lipinski definition) is 2. The minimum absolute atomic E-state index is 0.00723. The third kappa shape index (κ3) is 6.91. The fraction of sp³-hybridized carbons (Fsp3) is 0.438. The van der Waals surface area contributed by atoms with Crippen LogP contribution in [0.4, 0.5) is 4.39 Å². The lowest BCUT2D eigenvalue weighted by atomic mass is 9.94. The van der Waals surface area contributed by atoms with Gasteiger partial charge in [-0.2, -0.15) is 0 Å². The van der Waals surface area contributed by atoms with Crippen LogP contribution in [0.15, 0.2) is 66.9 Å². The summed E-state index contributed by atoms with van der Waals surface area (Å²) in [5.41, 5.74) is 3.75. The first-order chi connectivity index (χ1) is 18.4. The standard InChI is InChI=1S/C32H40FN3O2/c1-4-25(3)35(32(38)27-16-12-24(2)13-17-27)23-31(37)36(29-9-6-5-7-10-29)22-30-11-8-20-34(30)21-26-14-18-28(33)19-15-26/h8,11-20,25,29H,4-7,9-10,21-23H2,1-3H3. The SMILES string of the molecule is CCC(C)N(CC(=O)N(Cc1cccn1Cc1ccc(F)cc1)C1CCCCC1)C(=O)c1ccc(C)cc1. The summed E-state index contributed by atoms with van der Waals surface area (Å²) in [5, 5.41) is 0. The minimum atomic E-state index is -0.249. The first kappa shape index (κ1) is 27.6. The van der Waals surface area contributed by atoms with Crippen molar-refractivity contribution in [1.82, 2.24) is 14.4 Å². The van der Waals surface area contributed by atoms with Crippen LogP contribution >= 0.6 is 0 Å². The van der Waals surface area contributed by atoms with Crippen molar-refractivity contribution in [3.8, 4) is 0 Å². The van der Waals surface area contributed by atoms with E-state index in [2.05, 4.69) is 10.6 Å². The smallest absolute Gasteiger partial charge is 0.254 e. The first-order valence-corrected chi connectivity index (χ1v) is 13.9. The molecule has 0 aliphatic heterocycles. The van der Waals surface area contributed by atoms with E-state index in [1.165, 1.54) is 18.6 Å². The van der Waals surface area contributed by atoms with Crippen molar-refractivity contribution in [3.05, 3.63) is 95.1 Å². The van der Waals surface area contributed by atoms with Crippen molar-refractivity contribution in [2.45, 2.75) is 84.5 Å². The number of carbonyl (C=O) groups is 2. The van der Waals surface area contributed by atoms with Crippen molar-refractivity contribution in [3.63, 3.8) is 0 Å². The summed E-state index contributed by atoms with van der Waals surface area (Å²) in [5.74, 6) is -0.357. The summed E-state index contributed by atoms with van der Waals surface area (Å²) < 4.78 is 15.5. The molecule has 1 fully saturated rings. The Labute approximate surface area is 226 Å². The monoisotopic (exact) mass is 517 g/mol. The molecule has 0 radical (unpaired) electrons. The zero-order valence-electron chi connectivity index (χ0n) is 22.9. The lowest BCUT2D eigenvalue weighted by Gasteiger charge is -2.37. The van der Waals surface area contributed by atoms with Gasteiger partial charge in [0, 0.05) is 36.1 Å². The van der Waals surface area contributed by atoms with E-state index in [1.54, 1.807) is 17.0 Å². The molecule has 1 saturated carbocycles. The Balaban J connectivity index is 1.56. The predicted molar refractivity (Wildman–Crippen MR) is 149 cm³/mol. The summed E-state index contributed by atoms with van der Waals surface area (Å²) in [6, 6.07) is 18.3. The average molecular weight is 518 g/mol. The number of nitrogens with zero attached hydrogens (tertiary/aromatic N) is 3. The highest BCUT2D eigenvalue weighted by Gasteiger charge is 2.30. The molecule has 0 spiro atoms. The van der Waals surface area contributed by atoms with Crippen LogP contribution in [0.1, 0.15) is 79.6 Å². The van der Waals surface area contributed by atoms with Crippen LogP contribution < -0.4 is 0 Å². The van der Waals surface area contributed by atoms with Crippen molar-refractivity contribution in [2.75, 3.05) is 6.54 Å². The Kier molecular flexibility index (Phi) is 9.38. The molecule has 1 aliphatic rings. The van der Waals surface area contributed by atoms with Gasteiger partial charge in [0.15, 0.2) is 0 Å². The van der Waals surface area contributed by atoms with E-state index >= 15 is 0 Å². The van der Waals surface area contributed by atoms with Gasteiger partial charge in [0.2, 0.25) is 5.91 Å². The van der Waals surface area contributed by atoms with Gasteiger partial charge in [0.1, 0.15) is 12.4 Å². The van der Waals surface area contributed by atoms with Crippen LogP contribution in [-0.4, -0.2) is 44.8 Å².